The quantitative estimate of drug-likeness (QED) is 0.389. The molecule has 2 saturated carbocycles. The van der Waals surface area contributed by atoms with Gasteiger partial charge in [0.15, 0.2) is 34.7 Å². The Bertz CT molecular complexity index is 1120. The van der Waals surface area contributed by atoms with Gasteiger partial charge in [-0.3, -0.25) is 28.9 Å². The summed E-state index contributed by atoms with van der Waals surface area (Å²) in [4.78, 5) is 66.2. The average Bonchev–Trinajstić information content (AvgIpc) is 2.70. The number of benzene rings is 1. The van der Waals surface area contributed by atoms with Crippen molar-refractivity contribution < 1.29 is 39.3 Å². The maximum absolute atomic E-state index is 13.6. The summed E-state index contributed by atoms with van der Waals surface area (Å²) >= 11 is 0. The van der Waals surface area contributed by atoms with Crippen molar-refractivity contribution in [2.24, 2.45) is 29.4 Å². The minimum absolute atomic E-state index is 0.151. The molecule has 1 aromatic rings. The van der Waals surface area contributed by atoms with Gasteiger partial charge in [0.25, 0.3) is 0 Å². The number of ketones is 4. The van der Waals surface area contributed by atoms with E-state index in [-0.39, 0.29) is 16.7 Å². The number of primary amides is 1. The van der Waals surface area contributed by atoms with Crippen LogP contribution in [0, 0.1) is 23.7 Å². The summed E-state index contributed by atoms with van der Waals surface area (Å²) in [6.07, 6.45) is -1.72. The van der Waals surface area contributed by atoms with Gasteiger partial charge < -0.3 is 21.1 Å². The third-order valence-electron chi connectivity index (χ3n) is 6.95. The summed E-state index contributed by atoms with van der Waals surface area (Å²) in [5, 5.41) is 33.0. The molecule has 0 aliphatic heterocycles. The number of carbonyl (C=O) groups excluding carboxylic acids is 5. The highest BCUT2D eigenvalue weighted by Crippen LogP contribution is 2.53. The van der Waals surface area contributed by atoms with Gasteiger partial charge in [-0.15, -0.1) is 0 Å². The number of hydrogen-bond donors (Lipinski definition) is 4. The zero-order chi connectivity index (χ0) is 23.9. The van der Waals surface area contributed by atoms with Gasteiger partial charge in [0.05, 0.1) is 29.5 Å². The van der Waals surface area contributed by atoms with Crippen LogP contribution < -0.4 is 5.73 Å². The third kappa shape index (κ3) is 2.48. The third-order valence-corrected chi connectivity index (χ3v) is 6.95. The number of carbonyl (C=O) groups is 5. The van der Waals surface area contributed by atoms with Crippen LogP contribution in [0.4, 0.5) is 0 Å². The minimum atomic E-state index is -3.01. The molecule has 168 valence electrons. The number of aliphatic hydroxyl groups is 2. The lowest BCUT2D eigenvalue weighted by Gasteiger charge is -2.55. The van der Waals surface area contributed by atoms with Crippen molar-refractivity contribution in [3.63, 3.8) is 0 Å². The van der Waals surface area contributed by atoms with E-state index in [1.54, 1.807) is 0 Å². The Labute approximate surface area is 182 Å². The second kappa shape index (κ2) is 6.89. The first-order valence-corrected chi connectivity index (χ1v) is 9.91. The molecular weight excluding hydrogens is 420 g/mol. The maximum atomic E-state index is 13.6. The van der Waals surface area contributed by atoms with E-state index < -0.39 is 76.2 Å². The molecule has 3 aliphatic rings. The number of hydrogen-bond acceptors (Lipinski definition) is 9. The molecule has 0 bridgehead atoms. The van der Waals surface area contributed by atoms with Gasteiger partial charge in [-0.25, -0.2) is 0 Å². The highest BCUT2D eigenvalue weighted by atomic mass is 16.3. The molecule has 0 saturated heterocycles. The van der Waals surface area contributed by atoms with Crippen molar-refractivity contribution in [2.45, 2.75) is 17.7 Å². The summed E-state index contributed by atoms with van der Waals surface area (Å²) in [6.45, 7) is 3.90. The highest BCUT2D eigenvalue weighted by Gasteiger charge is 2.72. The lowest BCUT2D eigenvalue weighted by molar-refractivity contribution is -0.192. The molecule has 10 nitrogen and oxygen atoms in total. The Morgan fingerprint density at radius 1 is 1.16 bits per heavy atom. The standard InChI is InChI=1S/C22H22N2O8/c1-7-8-5-4-6-9(25)11(8)16(26)12-10(7)17(27)14-15(24(2)3)18(28)13(21(23)31)20(30)22(14,32)19(12)29/h4-6,10,12-15,17,25,27,32H,1H2,2-3H3,(H2,23,31)/t10?,12?,13?,14?,15-,17-,22-/m0/s1. The van der Waals surface area contributed by atoms with E-state index in [4.69, 9.17) is 5.73 Å². The van der Waals surface area contributed by atoms with Crippen LogP contribution in [0.3, 0.4) is 0 Å². The number of aromatic hydroxyl groups is 1. The fourth-order valence-corrected chi connectivity index (χ4v) is 5.57. The van der Waals surface area contributed by atoms with E-state index in [1.807, 2.05) is 0 Å². The lowest BCUT2D eigenvalue weighted by Crippen LogP contribution is -2.77. The van der Waals surface area contributed by atoms with Gasteiger partial charge in [-0.2, -0.15) is 0 Å². The molecule has 0 heterocycles. The molecule has 1 aromatic carbocycles. The van der Waals surface area contributed by atoms with Crippen LogP contribution in [-0.2, 0) is 19.2 Å². The first-order valence-electron chi connectivity index (χ1n) is 9.91. The predicted molar refractivity (Wildman–Crippen MR) is 108 cm³/mol. The van der Waals surface area contributed by atoms with Gasteiger partial charge in [0, 0.05) is 5.92 Å². The van der Waals surface area contributed by atoms with Crippen LogP contribution in [0.15, 0.2) is 24.8 Å². The molecule has 3 aliphatic carbocycles. The molecule has 10 heteroatoms. The van der Waals surface area contributed by atoms with E-state index in [1.165, 1.54) is 37.2 Å². The zero-order valence-electron chi connectivity index (χ0n) is 17.3. The molecule has 7 atom stereocenters. The molecule has 0 radical (unpaired) electrons. The number of likely N-dealkylation sites (N-methyl/N-ethyl adjacent to an activating group) is 1. The van der Waals surface area contributed by atoms with Gasteiger partial charge in [0.1, 0.15) is 5.75 Å². The van der Waals surface area contributed by atoms with E-state index in [0.29, 0.717) is 0 Å². The van der Waals surface area contributed by atoms with E-state index >= 15 is 0 Å². The van der Waals surface area contributed by atoms with Crippen molar-refractivity contribution in [1.29, 1.82) is 0 Å². The topological polar surface area (TPSA) is 175 Å². The molecule has 4 unspecified atom stereocenters. The van der Waals surface area contributed by atoms with Crippen LogP contribution in [0.25, 0.3) is 5.57 Å². The average molecular weight is 442 g/mol. The second-order valence-corrected chi connectivity index (χ2v) is 8.75. The maximum Gasteiger partial charge on any atom is 0.235 e. The number of aliphatic hydroxyl groups excluding tert-OH is 1. The first kappa shape index (κ1) is 22.0. The van der Waals surface area contributed by atoms with Crippen LogP contribution in [0.1, 0.15) is 15.9 Å². The van der Waals surface area contributed by atoms with Crippen LogP contribution >= 0.6 is 0 Å². The van der Waals surface area contributed by atoms with Gasteiger partial charge in [0.2, 0.25) is 5.91 Å². The largest absolute Gasteiger partial charge is 0.507 e. The molecule has 4 rings (SSSR count). The van der Waals surface area contributed by atoms with E-state index in [0.717, 1.165) is 0 Å². The summed E-state index contributed by atoms with van der Waals surface area (Å²) in [5.41, 5.74) is 2.38. The van der Waals surface area contributed by atoms with Gasteiger partial charge in [-0.1, -0.05) is 18.7 Å². The zero-order valence-corrected chi connectivity index (χ0v) is 17.3. The predicted octanol–water partition coefficient (Wildman–Crippen LogP) is -1.69. The SMILES string of the molecule is C=C1c2cccc(O)c2C(=O)C2C(=O)[C@]3(O)C(=O)C(C(N)=O)C(=O)[C@@H](N(C)C)C3[C@@H](O)C12. The van der Waals surface area contributed by atoms with Crippen LogP contribution in [-0.4, -0.2) is 81.1 Å². The number of amides is 1. The van der Waals surface area contributed by atoms with Crippen molar-refractivity contribution in [1.82, 2.24) is 4.90 Å². The number of Topliss-reactive ketones (excluding diaryl/α,β-unsaturated/α-hetero) is 4. The Kier molecular flexibility index (Phi) is 4.74. The van der Waals surface area contributed by atoms with Crippen molar-refractivity contribution >= 4 is 34.6 Å². The number of nitrogens with two attached hydrogens (primary N) is 1. The van der Waals surface area contributed by atoms with Crippen LogP contribution in [0.2, 0.25) is 0 Å². The lowest BCUT2D eigenvalue weighted by atomic mass is 9.50. The fourth-order valence-electron chi connectivity index (χ4n) is 5.57. The number of phenolic OH excluding ortho intramolecular Hbond substituents is 1. The molecule has 2 fully saturated rings. The highest BCUT2D eigenvalue weighted by molar-refractivity contribution is 6.33. The summed E-state index contributed by atoms with van der Waals surface area (Å²) in [6, 6.07) is 2.78. The van der Waals surface area contributed by atoms with Gasteiger partial charge >= 0.3 is 0 Å². The fraction of sp³-hybridized carbons (Fsp3) is 0.409. The number of rotatable bonds is 2. The summed E-state index contributed by atoms with van der Waals surface area (Å²) < 4.78 is 0. The molecule has 1 amide bonds. The Balaban J connectivity index is 1.97. The number of fused-ring (bicyclic) bond motifs is 3. The molecule has 0 spiro atoms. The van der Waals surface area contributed by atoms with E-state index in [2.05, 4.69) is 6.58 Å². The number of nitrogens with zero attached hydrogens (tertiary/aromatic N) is 1. The first-order chi connectivity index (χ1) is 14.9. The van der Waals surface area contributed by atoms with Gasteiger partial charge in [-0.05, 0) is 31.3 Å². The number of phenols is 1. The molecule has 5 N–H and O–H groups in total. The minimum Gasteiger partial charge on any atom is -0.507 e. The molecular formula is C22H22N2O8. The van der Waals surface area contributed by atoms with Crippen molar-refractivity contribution in [2.75, 3.05) is 14.1 Å². The monoisotopic (exact) mass is 442 g/mol. The molecule has 0 aromatic heterocycles. The summed E-state index contributed by atoms with van der Waals surface area (Å²) in [7, 11) is 2.85. The second-order valence-electron chi connectivity index (χ2n) is 8.75. The summed E-state index contributed by atoms with van der Waals surface area (Å²) in [5.74, 6) is -13.1. The van der Waals surface area contributed by atoms with Crippen molar-refractivity contribution in [3.05, 3.63) is 35.9 Å². The smallest absolute Gasteiger partial charge is 0.235 e. The van der Waals surface area contributed by atoms with Crippen molar-refractivity contribution in [3.8, 4) is 5.75 Å². The molecule has 32 heavy (non-hydrogen) atoms. The Morgan fingerprint density at radius 3 is 2.34 bits per heavy atom. The Hall–Kier alpha value is -3.21. The van der Waals surface area contributed by atoms with E-state index in [9.17, 15) is 39.3 Å². The van der Waals surface area contributed by atoms with Crippen LogP contribution in [0.5, 0.6) is 5.75 Å². The Morgan fingerprint density at radius 2 is 1.78 bits per heavy atom. The normalized spacial score (nSPS) is 36.6.